The second-order valence-corrected chi connectivity index (χ2v) is 6.16. The number of amidine groups is 1. The van der Waals surface area contributed by atoms with Gasteiger partial charge in [0.1, 0.15) is 5.84 Å². The number of rotatable bonds is 5. The molecule has 3 N–H and O–H groups in total. The number of halogens is 3. The van der Waals surface area contributed by atoms with E-state index in [9.17, 15) is 21.6 Å². The summed E-state index contributed by atoms with van der Waals surface area (Å²) in [6, 6.07) is 3.65. The van der Waals surface area contributed by atoms with Crippen molar-refractivity contribution >= 4 is 21.5 Å². The summed E-state index contributed by atoms with van der Waals surface area (Å²) in [5.74, 6) is -0.650. The fourth-order valence-corrected chi connectivity index (χ4v) is 2.57. The van der Waals surface area contributed by atoms with E-state index in [1.807, 2.05) is 0 Å². The highest BCUT2D eigenvalue weighted by atomic mass is 32.2. The van der Waals surface area contributed by atoms with Gasteiger partial charge in [-0.3, -0.25) is 9.71 Å². The third-order valence-corrected chi connectivity index (χ3v) is 4.24. The molecule has 1 rings (SSSR count). The van der Waals surface area contributed by atoms with E-state index in [-0.39, 0.29) is 11.4 Å². The van der Waals surface area contributed by atoms with E-state index < -0.39 is 34.1 Å². The summed E-state index contributed by atoms with van der Waals surface area (Å²) >= 11 is 0. The Hall–Kier alpha value is -1.77. The van der Waals surface area contributed by atoms with Gasteiger partial charge in [0.25, 0.3) is 0 Å². The summed E-state index contributed by atoms with van der Waals surface area (Å²) in [6.07, 6.45) is -4.49. The summed E-state index contributed by atoms with van der Waals surface area (Å²) in [6.45, 7) is 0.994. The number of alkyl halides is 3. The number of nitrogens with zero attached hydrogens (tertiary/aromatic N) is 1. The molecular weight excluding hydrogens is 295 g/mol. The Morgan fingerprint density at radius 2 is 1.80 bits per heavy atom. The van der Waals surface area contributed by atoms with Crippen molar-refractivity contribution in [1.29, 1.82) is 5.41 Å². The van der Waals surface area contributed by atoms with Crippen LogP contribution in [0.5, 0.6) is 0 Å². The molecule has 9 heteroatoms. The molecular formula is C11H14F3N3O2S. The topological polar surface area (TPSA) is 87.2 Å². The first kappa shape index (κ1) is 16.3. The van der Waals surface area contributed by atoms with Crippen LogP contribution in [0.15, 0.2) is 24.3 Å². The molecule has 1 aromatic carbocycles. The molecule has 1 aromatic rings. The molecule has 0 amide bonds. The monoisotopic (exact) mass is 309 g/mol. The molecule has 112 valence electrons. The highest BCUT2D eigenvalue weighted by molar-refractivity contribution is 7.92. The van der Waals surface area contributed by atoms with Gasteiger partial charge in [-0.05, 0) is 31.2 Å². The van der Waals surface area contributed by atoms with Gasteiger partial charge in [0, 0.05) is 0 Å². The van der Waals surface area contributed by atoms with E-state index in [0.717, 1.165) is 28.6 Å². The van der Waals surface area contributed by atoms with Crippen LogP contribution in [-0.4, -0.2) is 26.6 Å². The van der Waals surface area contributed by atoms with E-state index in [1.165, 1.54) is 6.92 Å². The standard InChI is InChI=1S/C11H14F3N3O2S/c1-2-20(18,19)17(7-10(15)16)9-5-3-8(4-6-9)11(12,13)14/h3-6H,2,7H2,1H3,(H3,15,16). The van der Waals surface area contributed by atoms with Crippen LogP contribution in [0.2, 0.25) is 0 Å². The van der Waals surface area contributed by atoms with E-state index in [0.29, 0.717) is 0 Å². The van der Waals surface area contributed by atoms with Gasteiger partial charge < -0.3 is 5.73 Å². The van der Waals surface area contributed by atoms with Crippen LogP contribution in [0.4, 0.5) is 18.9 Å². The van der Waals surface area contributed by atoms with Crippen LogP contribution in [0, 0.1) is 5.41 Å². The molecule has 0 bridgehead atoms. The number of hydrogen-bond donors (Lipinski definition) is 2. The molecule has 20 heavy (non-hydrogen) atoms. The maximum absolute atomic E-state index is 12.4. The van der Waals surface area contributed by atoms with E-state index >= 15 is 0 Å². The zero-order valence-corrected chi connectivity index (χ0v) is 11.4. The SMILES string of the molecule is CCS(=O)(=O)N(CC(=N)N)c1ccc(C(F)(F)F)cc1. The molecule has 0 fully saturated rings. The smallest absolute Gasteiger partial charge is 0.386 e. The summed E-state index contributed by atoms with van der Waals surface area (Å²) in [4.78, 5) is 0. The quantitative estimate of drug-likeness (QED) is 0.642. The highest BCUT2D eigenvalue weighted by Crippen LogP contribution is 2.31. The summed E-state index contributed by atoms with van der Waals surface area (Å²) in [7, 11) is -3.73. The van der Waals surface area contributed by atoms with E-state index in [1.54, 1.807) is 0 Å². The molecule has 0 aliphatic carbocycles. The summed E-state index contributed by atoms with van der Waals surface area (Å²) < 4.78 is 61.9. The minimum absolute atomic E-state index is 0.0371. The van der Waals surface area contributed by atoms with Gasteiger partial charge in [0.2, 0.25) is 10.0 Å². The fourth-order valence-electron chi connectivity index (χ4n) is 1.48. The van der Waals surface area contributed by atoms with Gasteiger partial charge in [-0.15, -0.1) is 0 Å². The third-order valence-electron chi connectivity index (χ3n) is 2.50. The van der Waals surface area contributed by atoms with Crippen LogP contribution in [0.3, 0.4) is 0 Å². The number of hydrogen-bond acceptors (Lipinski definition) is 3. The molecule has 0 atom stereocenters. The average molecular weight is 309 g/mol. The number of nitrogens with two attached hydrogens (primary N) is 1. The highest BCUT2D eigenvalue weighted by Gasteiger charge is 2.30. The van der Waals surface area contributed by atoms with Crippen LogP contribution >= 0.6 is 0 Å². The first-order chi connectivity index (χ1) is 9.08. The van der Waals surface area contributed by atoms with Crippen molar-refractivity contribution in [3.63, 3.8) is 0 Å². The van der Waals surface area contributed by atoms with Crippen molar-refractivity contribution in [1.82, 2.24) is 0 Å². The Balaban J connectivity index is 3.19. The van der Waals surface area contributed by atoms with Gasteiger partial charge in [-0.2, -0.15) is 13.2 Å². The second kappa shape index (κ2) is 5.70. The maximum Gasteiger partial charge on any atom is 0.416 e. The number of anilines is 1. The van der Waals surface area contributed by atoms with Crippen LogP contribution in [0.25, 0.3) is 0 Å². The Morgan fingerprint density at radius 1 is 1.30 bits per heavy atom. The summed E-state index contributed by atoms with van der Waals surface area (Å²) in [5.41, 5.74) is 4.34. The van der Waals surface area contributed by atoms with Gasteiger partial charge in [0.15, 0.2) is 0 Å². The zero-order valence-electron chi connectivity index (χ0n) is 10.6. The van der Waals surface area contributed by atoms with Crippen molar-refractivity contribution in [3.05, 3.63) is 29.8 Å². The average Bonchev–Trinajstić information content (AvgIpc) is 2.35. The lowest BCUT2D eigenvalue weighted by atomic mass is 10.2. The first-order valence-electron chi connectivity index (χ1n) is 5.58. The molecule has 0 aromatic heterocycles. The molecule has 0 unspecified atom stereocenters. The van der Waals surface area contributed by atoms with Crippen molar-refractivity contribution in [3.8, 4) is 0 Å². The Morgan fingerprint density at radius 3 is 2.15 bits per heavy atom. The van der Waals surface area contributed by atoms with Gasteiger partial charge in [-0.25, -0.2) is 8.42 Å². The van der Waals surface area contributed by atoms with Crippen LogP contribution in [-0.2, 0) is 16.2 Å². The fraction of sp³-hybridized carbons (Fsp3) is 0.364. The maximum atomic E-state index is 12.4. The molecule has 0 heterocycles. The lowest BCUT2D eigenvalue weighted by molar-refractivity contribution is -0.137. The number of nitrogens with one attached hydrogen (secondary N) is 1. The molecule has 5 nitrogen and oxygen atoms in total. The van der Waals surface area contributed by atoms with E-state index in [4.69, 9.17) is 11.1 Å². The largest absolute Gasteiger partial charge is 0.416 e. The first-order valence-corrected chi connectivity index (χ1v) is 7.19. The normalized spacial score (nSPS) is 12.2. The third kappa shape index (κ3) is 3.86. The minimum atomic E-state index is -4.49. The number of benzene rings is 1. The second-order valence-electron chi connectivity index (χ2n) is 3.98. The van der Waals surface area contributed by atoms with Crippen molar-refractivity contribution in [2.45, 2.75) is 13.1 Å². The van der Waals surface area contributed by atoms with Crippen molar-refractivity contribution in [2.24, 2.45) is 5.73 Å². The predicted molar refractivity (Wildman–Crippen MR) is 70.2 cm³/mol. The van der Waals surface area contributed by atoms with Crippen molar-refractivity contribution in [2.75, 3.05) is 16.6 Å². The van der Waals surface area contributed by atoms with Crippen molar-refractivity contribution < 1.29 is 21.6 Å². The van der Waals surface area contributed by atoms with E-state index in [2.05, 4.69) is 0 Å². The van der Waals surface area contributed by atoms with Gasteiger partial charge in [0.05, 0.1) is 23.5 Å². The molecule has 0 saturated carbocycles. The Kier molecular flexibility index (Phi) is 4.64. The predicted octanol–water partition coefficient (Wildman–Crippen LogP) is 1.80. The lowest BCUT2D eigenvalue weighted by Gasteiger charge is -2.23. The molecule has 0 radical (unpaired) electrons. The Bertz CT molecular complexity index is 582. The molecule has 0 aliphatic rings. The molecule has 0 saturated heterocycles. The minimum Gasteiger partial charge on any atom is -0.386 e. The zero-order chi connectivity index (χ0) is 15.6. The Labute approximate surface area is 114 Å². The van der Waals surface area contributed by atoms with Gasteiger partial charge in [-0.1, -0.05) is 0 Å². The van der Waals surface area contributed by atoms with Gasteiger partial charge >= 0.3 is 6.18 Å². The lowest BCUT2D eigenvalue weighted by Crippen LogP contribution is -2.39. The molecule has 0 spiro atoms. The van der Waals surface area contributed by atoms with Crippen LogP contribution < -0.4 is 10.0 Å². The summed E-state index contributed by atoms with van der Waals surface area (Å²) in [5, 5.41) is 7.16. The molecule has 0 aliphatic heterocycles. The number of sulfonamides is 1. The van der Waals surface area contributed by atoms with Crippen LogP contribution in [0.1, 0.15) is 12.5 Å².